The van der Waals surface area contributed by atoms with E-state index in [0.29, 0.717) is 11.7 Å². The van der Waals surface area contributed by atoms with Gasteiger partial charge in [0.2, 0.25) is 5.89 Å². The summed E-state index contributed by atoms with van der Waals surface area (Å²) in [6, 6.07) is 1.06. The van der Waals surface area contributed by atoms with Crippen LogP contribution < -0.4 is 5.32 Å². The molecule has 0 fully saturated rings. The molecule has 20 heavy (non-hydrogen) atoms. The van der Waals surface area contributed by atoms with Crippen LogP contribution in [-0.2, 0) is 6.54 Å². The van der Waals surface area contributed by atoms with Gasteiger partial charge in [-0.15, -0.1) is 0 Å². The molecule has 0 aliphatic carbocycles. The second kappa shape index (κ2) is 5.66. The maximum Gasteiger partial charge on any atom is 0.288 e. The molecule has 0 saturated heterocycles. The van der Waals surface area contributed by atoms with Gasteiger partial charge in [-0.05, 0) is 6.92 Å². The van der Waals surface area contributed by atoms with Crippen LogP contribution in [0.2, 0.25) is 5.15 Å². The van der Waals surface area contributed by atoms with Crippen molar-refractivity contribution in [2.24, 2.45) is 0 Å². The molecule has 0 unspecified atom stereocenters. The zero-order valence-electron chi connectivity index (χ0n) is 10.3. The van der Waals surface area contributed by atoms with Crippen molar-refractivity contribution in [1.82, 2.24) is 15.3 Å². The van der Waals surface area contributed by atoms with Crippen molar-refractivity contribution in [3.63, 3.8) is 0 Å². The summed E-state index contributed by atoms with van der Waals surface area (Å²) in [6.07, 6.45) is 2.50. The van der Waals surface area contributed by atoms with Crippen LogP contribution in [-0.4, -0.2) is 20.8 Å². The van der Waals surface area contributed by atoms with Crippen LogP contribution >= 0.6 is 11.6 Å². The summed E-state index contributed by atoms with van der Waals surface area (Å²) >= 11 is 5.75. The highest BCUT2D eigenvalue weighted by atomic mass is 35.5. The molecule has 1 N–H and O–H groups in total. The molecule has 0 spiro atoms. The molecule has 2 aromatic rings. The average Bonchev–Trinajstić information content (AvgIpc) is 2.82. The van der Waals surface area contributed by atoms with Crippen LogP contribution in [0.3, 0.4) is 0 Å². The van der Waals surface area contributed by atoms with Gasteiger partial charge in [0.1, 0.15) is 17.1 Å². The van der Waals surface area contributed by atoms with Crippen LogP contribution in [0.15, 0.2) is 22.9 Å². The van der Waals surface area contributed by atoms with Crippen molar-refractivity contribution < 1.29 is 14.1 Å². The highest BCUT2D eigenvalue weighted by Crippen LogP contribution is 2.19. The highest BCUT2D eigenvalue weighted by Gasteiger charge is 2.17. The third kappa shape index (κ3) is 3.09. The topological polar surface area (TPSA) is 111 Å². The number of amides is 1. The Labute approximate surface area is 117 Å². The van der Waals surface area contributed by atoms with Gasteiger partial charge in [0, 0.05) is 6.07 Å². The van der Waals surface area contributed by atoms with Crippen LogP contribution in [0, 0.1) is 17.0 Å². The first kappa shape index (κ1) is 13.9. The Hall–Kier alpha value is -2.48. The molecule has 8 nitrogen and oxygen atoms in total. The monoisotopic (exact) mass is 296 g/mol. The SMILES string of the molecule is Cc1cnc(CNC(=O)c2cc([N+](=O)[O-])cnc2Cl)o1. The van der Waals surface area contributed by atoms with E-state index in [9.17, 15) is 14.9 Å². The first-order chi connectivity index (χ1) is 9.47. The van der Waals surface area contributed by atoms with Gasteiger partial charge in [0.15, 0.2) is 0 Å². The molecule has 104 valence electrons. The number of aryl methyl sites for hydroxylation is 1. The number of halogens is 1. The van der Waals surface area contributed by atoms with Gasteiger partial charge >= 0.3 is 0 Å². The van der Waals surface area contributed by atoms with Crippen molar-refractivity contribution in [3.8, 4) is 0 Å². The number of hydrogen-bond acceptors (Lipinski definition) is 6. The number of aromatic nitrogens is 2. The van der Waals surface area contributed by atoms with Gasteiger partial charge in [0.05, 0.1) is 23.2 Å². The van der Waals surface area contributed by atoms with E-state index in [2.05, 4.69) is 15.3 Å². The summed E-state index contributed by atoms with van der Waals surface area (Å²) in [4.78, 5) is 29.4. The lowest BCUT2D eigenvalue weighted by Gasteiger charge is -2.04. The molecule has 0 radical (unpaired) electrons. The largest absolute Gasteiger partial charge is 0.444 e. The zero-order valence-corrected chi connectivity index (χ0v) is 11.0. The maximum absolute atomic E-state index is 11.9. The van der Waals surface area contributed by atoms with Crippen molar-refractivity contribution in [3.05, 3.63) is 50.9 Å². The molecule has 2 rings (SSSR count). The summed E-state index contributed by atoms with van der Waals surface area (Å²) in [5, 5.41) is 13.0. The maximum atomic E-state index is 11.9. The van der Waals surface area contributed by atoms with Crippen LogP contribution in [0.5, 0.6) is 0 Å². The number of nitrogens with zero attached hydrogens (tertiary/aromatic N) is 3. The minimum absolute atomic E-state index is 0.0473. The van der Waals surface area contributed by atoms with E-state index < -0.39 is 10.8 Å². The number of nitrogens with one attached hydrogen (secondary N) is 1. The standard InChI is InChI=1S/C11H9ClN4O4/c1-6-3-13-9(20-6)5-15-11(17)8-2-7(16(18)19)4-14-10(8)12/h2-4H,5H2,1H3,(H,15,17). The van der Waals surface area contributed by atoms with Crippen molar-refractivity contribution >= 4 is 23.2 Å². The summed E-state index contributed by atoms with van der Waals surface area (Å²) in [5.74, 6) is 0.344. The third-order valence-electron chi connectivity index (χ3n) is 2.35. The first-order valence-electron chi connectivity index (χ1n) is 5.47. The van der Waals surface area contributed by atoms with E-state index >= 15 is 0 Å². The highest BCUT2D eigenvalue weighted by molar-refractivity contribution is 6.32. The lowest BCUT2D eigenvalue weighted by Crippen LogP contribution is -2.23. The number of rotatable bonds is 4. The predicted octanol–water partition coefficient (Wildman–Crippen LogP) is 1.87. The summed E-state index contributed by atoms with van der Waals surface area (Å²) in [5.41, 5.74) is -0.393. The minimum atomic E-state index is -0.655. The number of pyridine rings is 1. The Morgan fingerprint density at radius 3 is 2.85 bits per heavy atom. The Morgan fingerprint density at radius 2 is 2.25 bits per heavy atom. The fraction of sp³-hybridized carbons (Fsp3) is 0.182. The van der Waals surface area contributed by atoms with Gasteiger partial charge in [-0.3, -0.25) is 14.9 Å². The molecule has 0 saturated carbocycles. The minimum Gasteiger partial charge on any atom is -0.444 e. The normalized spacial score (nSPS) is 10.3. The average molecular weight is 297 g/mol. The second-order valence-corrected chi connectivity index (χ2v) is 4.19. The molecule has 0 aliphatic heterocycles. The van der Waals surface area contributed by atoms with Gasteiger partial charge in [-0.25, -0.2) is 9.97 Å². The molecule has 9 heteroatoms. The summed E-state index contributed by atoms with van der Waals surface area (Å²) in [7, 11) is 0. The van der Waals surface area contributed by atoms with Gasteiger partial charge < -0.3 is 9.73 Å². The van der Waals surface area contributed by atoms with Crippen molar-refractivity contribution in [2.75, 3.05) is 0 Å². The third-order valence-corrected chi connectivity index (χ3v) is 2.65. The summed E-state index contributed by atoms with van der Waals surface area (Å²) in [6.45, 7) is 1.77. The number of hydrogen-bond donors (Lipinski definition) is 1. The van der Waals surface area contributed by atoms with Crippen molar-refractivity contribution in [2.45, 2.75) is 13.5 Å². The molecule has 1 amide bonds. The van der Waals surface area contributed by atoms with E-state index in [-0.39, 0.29) is 22.9 Å². The first-order valence-corrected chi connectivity index (χ1v) is 5.84. The van der Waals surface area contributed by atoms with Crippen LogP contribution in [0.25, 0.3) is 0 Å². The van der Waals surface area contributed by atoms with Crippen molar-refractivity contribution in [1.29, 1.82) is 0 Å². The molecule has 0 bridgehead atoms. The number of carbonyl (C=O) groups is 1. The molecular formula is C11H9ClN4O4. The molecule has 0 aliphatic rings. The Balaban J connectivity index is 2.12. The van der Waals surface area contributed by atoms with Crippen LogP contribution in [0.4, 0.5) is 5.69 Å². The van der Waals surface area contributed by atoms with Gasteiger partial charge in [0.25, 0.3) is 11.6 Å². The quantitative estimate of drug-likeness (QED) is 0.523. The Kier molecular flexibility index (Phi) is 3.94. The molecule has 0 atom stereocenters. The lowest BCUT2D eigenvalue weighted by molar-refractivity contribution is -0.385. The predicted molar refractivity (Wildman–Crippen MR) is 68.3 cm³/mol. The fourth-order valence-corrected chi connectivity index (χ4v) is 1.62. The van der Waals surface area contributed by atoms with Gasteiger partial charge in [-0.1, -0.05) is 11.6 Å². The van der Waals surface area contributed by atoms with E-state index in [1.54, 1.807) is 6.92 Å². The Morgan fingerprint density at radius 1 is 1.50 bits per heavy atom. The molecule has 2 aromatic heterocycles. The van der Waals surface area contributed by atoms with Crippen LogP contribution in [0.1, 0.15) is 22.0 Å². The molecule has 0 aromatic carbocycles. The van der Waals surface area contributed by atoms with Gasteiger partial charge in [-0.2, -0.15) is 0 Å². The van der Waals surface area contributed by atoms with E-state index in [1.807, 2.05) is 0 Å². The smallest absolute Gasteiger partial charge is 0.288 e. The van der Waals surface area contributed by atoms with E-state index in [4.69, 9.17) is 16.0 Å². The number of oxazole rings is 1. The molecule has 2 heterocycles. The molecular weight excluding hydrogens is 288 g/mol. The fourth-order valence-electron chi connectivity index (χ4n) is 1.43. The number of nitro groups is 1. The van der Waals surface area contributed by atoms with E-state index in [1.165, 1.54) is 6.20 Å². The number of carbonyl (C=O) groups excluding carboxylic acids is 1. The second-order valence-electron chi connectivity index (χ2n) is 3.84. The summed E-state index contributed by atoms with van der Waals surface area (Å²) < 4.78 is 5.18. The Bertz CT molecular complexity index is 670. The zero-order chi connectivity index (χ0) is 14.7. The lowest BCUT2D eigenvalue weighted by atomic mass is 10.2. The van der Waals surface area contributed by atoms with E-state index in [0.717, 1.165) is 12.3 Å².